The standard InChI is InChI=1S/C56H53F5N8O4S/c1-37-30-41(50-11-7-29-74-50)34-64-56(60,61)69-44(21-22-45(69)31-37)20-15-38-16-23-47(24-17-38)73-36-52(71)62-27-4-2-3-12-51(70)63-33-39-13-18-43(19-14-39)65-54(72)68-46-10-6-28-67(35-46)49-26-25-48(66-53(49)68)40-8-5-9-42(32-40)55(57,58)59/h5,7-9,11,13-26,29-32,34,46H,2-4,6,10,12,27-28,33,35-36H2,1H3,(H,62,71)(H,63,70)(H,65,72)/b20-15+,37-31?,41-30?,64-34?/t46-/m0/s1. The van der Waals surface area contributed by atoms with Gasteiger partial charge in [-0.05, 0) is 140 Å². The Labute approximate surface area is 429 Å². The largest absolute Gasteiger partial charge is 0.484 e. The molecule has 0 radical (unpaired) electrons. The number of halogens is 5. The number of hydrogen-bond donors (Lipinski definition) is 3. The van der Waals surface area contributed by atoms with Gasteiger partial charge in [-0.2, -0.15) is 22.0 Å². The van der Waals surface area contributed by atoms with E-state index in [0.717, 1.165) is 69.8 Å². The number of piperidine rings is 1. The van der Waals surface area contributed by atoms with Gasteiger partial charge in [-0.25, -0.2) is 14.8 Å². The van der Waals surface area contributed by atoms with Gasteiger partial charge in [0.1, 0.15) is 5.75 Å². The van der Waals surface area contributed by atoms with Crippen molar-refractivity contribution in [1.29, 1.82) is 0 Å². The highest BCUT2D eigenvalue weighted by Crippen LogP contribution is 2.41. The molecular formula is C56H53F5N8O4S. The summed E-state index contributed by atoms with van der Waals surface area (Å²) in [5.41, 5.74) is 4.75. The lowest BCUT2D eigenvalue weighted by Crippen LogP contribution is -2.56. The first-order chi connectivity index (χ1) is 35.7. The van der Waals surface area contributed by atoms with Crippen LogP contribution in [0.25, 0.3) is 35.1 Å². The van der Waals surface area contributed by atoms with E-state index in [0.29, 0.717) is 78.7 Å². The van der Waals surface area contributed by atoms with Gasteiger partial charge in [0.2, 0.25) is 5.91 Å². The molecule has 0 saturated carbocycles. The van der Waals surface area contributed by atoms with Crippen molar-refractivity contribution in [2.75, 3.05) is 41.4 Å². The number of thiophene rings is 1. The van der Waals surface area contributed by atoms with Crippen LogP contribution in [-0.4, -0.2) is 65.9 Å². The molecule has 74 heavy (non-hydrogen) atoms. The third-order valence-corrected chi connectivity index (χ3v) is 13.7. The molecule has 3 aromatic heterocycles. The number of carbonyl (C=O) groups excluding carboxylic acids is 3. The summed E-state index contributed by atoms with van der Waals surface area (Å²) in [6.07, 6.45) is 4.05. The fraction of sp³-hybridized carbons (Fsp3) is 0.268. The average Bonchev–Trinajstić information content (AvgIpc) is 4.09. The molecule has 1 saturated heterocycles. The minimum Gasteiger partial charge on any atom is -0.484 e. The molecule has 1 atom stereocenters. The molecule has 18 heteroatoms. The summed E-state index contributed by atoms with van der Waals surface area (Å²) in [5.74, 6) is 0.471. The van der Waals surface area contributed by atoms with Crippen molar-refractivity contribution in [2.45, 2.75) is 70.4 Å². The summed E-state index contributed by atoms with van der Waals surface area (Å²) in [5, 5.41) is 10.6. The van der Waals surface area contributed by atoms with Gasteiger partial charge in [-0.3, -0.25) is 19.1 Å². The number of unbranched alkanes of at least 4 members (excludes halogenated alkanes) is 2. The van der Waals surface area contributed by atoms with E-state index in [1.807, 2.05) is 48.7 Å². The Morgan fingerprint density at radius 3 is 2.49 bits per heavy atom. The lowest BCUT2D eigenvalue weighted by atomic mass is 9.99. The molecule has 3 aliphatic heterocycles. The van der Waals surface area contributed by atoms with Crippen LogP contribution in [-0.2, 0) is 28.5 Å². The van der Waals surface area contributed by atoms with Crippen molar-refractivity contribution in [3.8, 4) is 17.0 Å². The summed E-state index contributed by atoms with van der Waals surface area (Å²) in [6, 6.07) is 29.0. The van der Waals surface area contributed by atoms with Crippen LogP contribution in [0, 0.1) is 0 Å². The van der Waals surface area contributed by atoms with Crippen molar-refractivity contribution in [1.82, 2.24) is 20.2 Å². The number of alkyl halides is 5. The van der Waals surface area contributed by atoms with E-state index in [2.05, 4.69) is 25.8 Å². The number of pyridine rings is 1. The summed E-state index contributed by atoms with van der Waals surface area (Å²) in [4.78, 5) is 52.1. The number of carbonyl (C=O) groups is 3. The first kappa shape index (κ1) is 51.1. The van der Waals surface area contributed by atoms with Gasteiger partial charge >= 0.3 is 18.4 Å². The second-order valence-corrected chi connectivity index (χ2v) is 19.2. The Bertz CT molecular complexity index is 3110. The number of urea groups is 1. The SMILES string of the molecule is CC1=Cc2ccc(/C=C/c3ccc(OCC(=O)NCCCCCC(=O)NCc4ccc(NC(=O)N5c6nc(-c7cccc(C(F)(F)F)c7)ccc6N6CCC[C@H]5C6)cc4)cc3)n2C(F)(F)N=CC(c2cccs2)=C1. The maximum absolute atomic E-state index is 15.6. The molecule has 2 bridgehead atoms. The fourth-order valence-electron chi connectivity index (χ4n) is 9.11. The van der Waals surface area contributed by atoms with Gasteiger partial charge in [0.15, 0.2) is 12.4 Å². The Kier molecular flexibility index (Phi) is 15.5. The van der Waals surface area contributed by atoms with Gasteiger partial charge in [0, 0.05) is 71.9 Å². The third kappa shape index (κ3) is 12.5. The van der Waals surface area contributed by atoms with Crippen molar-refractivity contribution >= 4 is 76.4 Å². The number of hydrogen-bond acceptors (Lipinski definition) is 8. The molecule has 12 nitrogen and oxygen atoms in total. The number of rotatable bonds is 16. The minimum absolute atomic E-state index is 0.112. The summed E-state index contributed by atoms with van der Waals surface area (Å²) in [6.45, 7) is 3.81. The van der Waals surface area contributed by atoms with Crippen LogP contribution in [0.1, 0.15) is 78.4 Å². The molecule has 9 rings (SSSR count). The van der Waals surface area contributed by atoms with Gasteiger partial charge in [0.05, 0.1) is 23.0 Å². The Balaban J connectivity index is 0.672. The molecule has 0 spiro atoms. The van der Waals surface area contributed by atoms with Gasteiger partial charge in [0.25, 0.3) is 5.91 Å². The predicted molar refractivity (Wildman–Crippen MR) is 281 cm³/mol. The number of fused-ring (bicyclic) bond motifs is 5. The van der Waals surface area contributed by atoms with E-state index < -0.39 is 23.9 Å². The quantitative estimate of drug-likeness (QED) is 0.0502. The zero-order chi connectivity index (χ0) is 51.8. The summed E-state index contributed by atoms with van der Waals surface area (Å²) < 4.78 is 78.2. The molecule has 3 aliphatic rings. The monoisotopic (exact) mass is 1030 g/mol. The van der Waals surface area contributed by atoms with E-state index in [4.69, 9.17) is 9.72 Å². The van der Waals surface area contributed by atoms with Crippen LogP contribution in [0.2, 0.25) is 0 Å². The molecule has 4 amide bonds. The molecular weight excluding hydrogens is 976 g/mol. The van der Waals surface area contributed by atoms with Gasteiger partial charge < -0.3 is 25.6 Å². The highest BCUT2D eigenvalue weighted by molar-refractivity contribution is 7.11. The fourth-order valence-corrected chi connectivity index (χ4v) is 9.82. The van der Waals surface area contributed by atoms with Crippen molar-refractivity contribution in [3.63, 3.8) is 0 Å². The number of nitrogens with zero attached hydrogens (tertiary/aromatic N) is 5. The maximum atomic E-state index is 15.6. The highest BCUT2D eigenvalue weighted by Gasteiger charge is 2.39. The highest BCUT2D eigenvalue weighted by atomic mass is 32.1. The topological polar surface area (TPSA) is 133 Å². The molecule has 0 unspecified atom stereocenters. The molecule has 3 N–H and O–H groups in total. The number of nitrogens with one attached hydrogen (secondary N) is 3. The van der Waals surface area contributed by atoms with Gasteiger partial charge in [-0.15, -0.1) is 11.3 Å². The predicted octanol–water partition coefficient (Wildman–Crippen LogP) is 12.3. The Morgan fingerprint density at radius 1 is 0.878 bits per heavy atom. The number of amides is 4. The molecule has 6 heterocycles. The smallest absolute Gasteiger partial charge is 0.435 e. The average molecular weight is 1030 g/mol. The first-order valence-corrected chi connectivity index (χ1v) is 25.2. The normalized spacial score (nSPS) is 16.0. The Morgan fingerprint density at radius 2 is 1.70 bits per heavy atom. The molecule has 382 valence electrons. The Hall–Kier alpha value is -7.86. The van der Waals surface area contributed by atoms with Gasteiger partial charge in [-0.1, -0.05) is 55.0 Å². The number of anilines is 3. The number of ether oxygens (including phenoxy) is 1. The van der Waals surface area contributed by atoms with Crippen LogP contribution in [0.3, 0.4) is 0 Å². The summed E-state index contributed by atoms with van der Waals surface area (Å²) >= 11 is 1.46. The van der Waals surface area contributed by atoms with E-state index in [1.54, 1.807) is 83.8 Å². The second kappa shape index (κ2) is 22.5. The molecule has 6 aromatic rings. The van der Waals surface area contributed by atoms with E-state index >= 15 is 8.78 Å². The molecule has 3 aromatic carbocycles. The lowest BCUT2D eigenvalue weighted by Gasteiger charge is -2.45. The summed E-state index contributed by atoms with van der Waals surface area (Å²) in [7, 11) is 0. The van der Waals surface area contributed by atoms with Crippen molar-refractivity contribution in [3.05, 3.63) is 159 Å². The third-order valence-electron chi connectivity index (χ3n) is 12.8. The zero-order valence-corrected chi connectivity index (χ0v) is 41.2. The van der Waals surface area contributed by atoms with Crippen LogP contribution in [0.15, 0.2) is 131 Å². The van der Waals surface area contributed by atoms with E-state index in [9.17, 15) is 27.6 Å². The van der Waals surface area contributed by atoms with E-state index in [1.165, 1.54) is 23.6 Å². The second-order valence-electron chi connectivity index (χ2n) is 18.2. The van der Waals surface area contributed by atoms with Crippen molar-refractivity contribution < 1.29 is 41.1 Å². The van der Waals surface area contributed by atoms with Crippen LogP contribution in [0.5, 0.6) is 5.75 Å². The molecule has 1 fully saturated rings. The zero-order valence-electron chi connectivity index (χ0n) is 40.4. The van der Waals surface area contributed by atoms with E-state index in [-0.39, 0.29) is 30.2 Å². The maximum Gasteiger partial charge on any atom is 0.435 e. The van der Waals surface area contributed by atoms with Crippen LogP contribution < -0.4 is 30.5 Å². The lowest BCUT2D eigenvalue weighted by molar-refractivity contribution is -0.137. The first-order valence-electron chi connectivity index (χ1n) is 24.3. The number of aromatic nitrogens is 2. The molecule has 0 aliphatic carbocycles. The number of allylic oxidation sites excluding steroid dienone is 3. The van der Waals surface area contributed by atoms with Crippen LogP contribution >= 0.6 is 11.3 Å². The van der Waals surface area contributed by atoms with Crippen LogP contribution in [0.4, 0.5) is 43.9 Å². The number of benzene rings is 3. The van der Waals surface area contributed by atoms with Crippen molar-refractivity contribution in [2.24, 2.45) is 4.99 Å². The minimum atomic E-state index is -4.50. The number of aliphatic imine (C=N–C) groups is 1.